The highest BCUT2D eigenvalue weighted by Crippen LogP contribution is 2.25. The largest absolute Gasteiger partial charge is 0.389 e. The zero-order chi connectivity index (χ0) is 11.6. The van der Waals surface area contributed by atoms with Crippen LogP contribution in [0.15, 0.2) is 18.2 Å². The van der Waals surface area contributed by atoms with E-state index in [9.17, 15) is 14.5 Å². The molecule has 0 fully saturated rings. The first-order chi connectivity index (χ1) is 6.91. The summed E-state index contributed by atoms with van der Waals surface area (Å²) in [7, 11) is 0. The summed E-state index contributed by atoms with van der Waals surface area (Å²) in [6.45, 7) is 2.21. The van der Waals surface area contributed by atoms with Crippen LogP contribution in [0.1, 0.15) is 18.1 Å². The predicted molar refractivity (Wildman–Crippen MR) is 52.6 cm³/mol. The first-order valence-electron chi connectivity index (χ1n) is 4.44. The second-order valence-electron chi connectivity index (χ2n) is 3.65. The summed E-state index contributed by atoms with van der Waals surface area (Å²) in [6, 6.07) is 3.87. The van der Waals surface area contributed by atoms with Crippen molar-refractivity contribution in [3.05, 3.63) is 45.3 Å². The smallest absolute Gasteiger partial charge is 0.266 e. The van der Waals surface area contributed by atoms with E-state index >= 15 is 0 Å². The Bertz CT molecular complexity index is 394. The fourth-order valence-corrected chi connectivity index (χ4v) is 1.23. The molecule has 0 radical (unpaired) electrons. The molecule has 0 aromatic heterocycles. The van der Waals surface area contributed by atoms with Crippen LogP contribution in [0.25, 0.3) is 0 Å². The highest BCUT2D eigenvalue weighted by molar-refractivity contribution is 5.28. The summed E-state index contributed by atoms with van der Waals surface area (Å²) >= 11 is 0. The summed E-state index contributed by atoms with van der Waals surface area (Å²) < 4.78 is 13.0. The van der Waals surface area contributed by atoms with Crippen molar-refractivity contribution in [3.63, 3.8) is 0 Å². The monoisotopic (exact) mass is 213 g/mol. The highest BCUT2D eigenvalue weighted by Gasteiger charge is 2.38. The van der Waals surface area contributed by atoms with Gasteiger partial charge in [0.25, 0.3) is 5.54 Å². The molecule has 0 aliphatic heterocycles. The first kappa shape index (κ1) is 11.6. The summed E-state index contributed by atoms with van der Waals surface area (Å²) in [6.07, 6.45) is 0. The molecule has 4 nitrogen and oxygen atoms in total. The van der Waals surface area contributed by atoms with Crippen molar-refractivity contribution >= 4 is 0 Å². The predicted octanol–water partition coefficient (Wildman–Crippen LogP) is 1.62. The van der Waals surface area contributed by atoms with Gasteiger partial charge in [-0.25, -0.2) is 4.39 Å². The van der Waals surface area contributed by atoms with E-state index in [1.807, 2.05) is 0 Å². The van der Waals surface area contributed by atoms with Crippen LogP contribution in [-0.4, -0.2) is 16.6 Å². The Kier molecular flexibility index (Phi) is 3.04. The van der Waals surface area contributed by atoms with Gasteiger partial charge < -0.3 is 5.11 Å². The standard InChI is InChI=1S/C10H12FNO3/c1-7-5-8(3-4-9(7)11)10(2,6-13)12(14)15/h3-5,13H,6H2,1-2H3. The van der Waals surface area contributed by atoms with E-state index in [1.165, 1.54) is 32.0 Å². The van der Waals surface area contributed by atoms with E-state index in [1.54, 1.807) is 0 Å². The molecule has 0 aliphatic rings. The summed E-state index contributed by atoms with van der Waals surface area (Å²) in [4.78, 5) is 10.2. The van der Waals surface area contributed by atoms with Crippen LogP contribution in [0.2, 0.25) is 0 Å². The van der Waals surface area contributed by atoms with E-state index in [0.29, 0.717) is 11.1 Å². The Morgan fingerprint density at radius 1 is 1.60 bits per heavy atom. The van der Waals surface area contributed by atoms with Crippen LogP contribution in [0.5, 0.6) is 0 Å². The van der Waals surface area contributed by atoms with Gasteiger partial charge in [-0.05, 0) is 30.7 Å². The Morgan fingerprint density at radius 3 is 2.60 bits per heavy atom. The molecule has 0 saturated carbocycles. The molecule has 1 aromatic carbocycles. The third kappa shape index (κ3) is 1.97. The molecule has 0 saturated heterocycles. The van der Waals surface area contributed by atoms with Crippen LogP contribution in [-0.2, 0) is 5.54 Å². The molecule has 0 aliphatic carbocycles. The third-order valence-electron chi connectivity index (χ3n) is 2.49. The van der Waals surface area contributed by atoms with E-state index in [-0.39, 0.29) is 0 Å². The van der Waals surface area contributed by atoms with Gasteiger partial charge in [0.15, 0.2) is 0 Å². The summed E-state index contributed by atoms with van der Waals surface area (Å²) in [5, 5.41) is 19.8. The number of rotatable bonds is 3. The van der Waals surface area contributed by atoms with E-state index in [2.05, 4.69) is 0 Å². The molecule has 1 rings (SSSR count). The SMILES string of the molecule is Cc1cc(C(C)(CO)[N+](=O)[O-])ccc1F. The second-order valence-corrected chi connectivity index (χ2v) is 3.65. The molecule has 0 bridgehead atoms. The van der Waals surface area contributed by atoms with Crippen molar-refractivity contribution in [1.29, 1.82) is 0 Å². The molecule has 0 spiro atoms. The fourth-order valence-electron chi connectivity index (χ4n) is 1.23. The average Bonchev–Trinajstić information content (AvgIpc) is 2.20. The third-order valence-corrected chi connectivity index (χ3v) is 2.49. The van der Waals surface area contributed by atoms with Crippen molar-refractivity contribution in [2.24, 2.45) is 0 Å². The fraction of sp³-hybridized carbons (Fsp3) is 0.400. The van der Waals surface area contributed by atoms with E-state index < -0.39 is 22.9 Å². The number of aliphatic hydroxyl groups excluding tert-OH is 1. The number of halogens is 1. The van der Waals surface area contributed by atoms with Crippen molar-refractivity contribution in [2.45, 2.75) is 19.4 Å². The van der Waals surface area contributed by atoms with Gasteiger partial charge in [-0.3, -0.25) is 10.1 Å². The van der Waals surface area contributed by atoms with E-state index in [0.717, 1.165) is 0 Å². The zero-order valence-corrected chi connectivity index (χ0v) is 8.53. The molecule has 0 amide bonds. The van der Waals surface area contributed by atoms with Gasteiger partial charge in [-0.2, -0.15) is 0 Å². The quantitative estimate of drug-likeness (QED) is 0.613. The van der Waals surface area contributed by atoms with Crippen LogP contribution < -0.4 is 0 Å². The summed E-state index contributed by atoms with van der Waals surface area (Å²) in [5.74, 6) is -0.414. The minimum atomic E-state index is -1.57. The van der Waals surface area contributed by atoms with Crippen molar-refractivity contribution in [2.75, 3.05) is 6.61 Å². The van der Waals surface area contributed by atoms with Gasteiger partial charge in [-0.1, -0.05) is 0 Å². The Balaban J connectivity index is 3.25. The average molecular weight is 213 g/mol. The molecule has 1 unspecified atom stereocenters. The normalized spacial score (nSPS) is 14.7. The zero-order valence-electron chi connectivity index (χ0n) is 8.53. The molecule has 1 aromatic rings. The molecule has 0 heterocycles. The maximum absolute atomic E-state index is 13.0. The number of hydrogen-bond donors (Lipinski definition) is 1. The highest BCUT2D eigenvalue weighted by atomic mass is 19.1. The number of hydrogen-bond acceptors (Lipinski definition) is 3. The minimum absolute atomic E-state index is 0.300. The van der Waals surface area contributed by atoms with Gasteiger partial charge in [-0.15, -0.1) is 0 Å². The van der Waals surface area contributed by atoms with Crippen LogP contribution in [0, 0.1) is 22.9 Å². The van der Waals surface area contributed by atoms with Gasteiger partial charge >= 0.3 is 0 Å². The maximum atomic E-state index is 13.0. The Hall–Kier alpha value is -1.49. The van der Waals surface area contributed by atoms with Gasteiger partial charge in [0, 0.05) is 17.4 Å². The van der Waals surface area contributed by atoms with Crippen LogP contribution in [0.4, 0.5) is 4.39 Å². The lowest BCUT2D eigenvalue weighted by Gasteiger charge is -2.19. The number of aryl methyl sites for hydroxylation is 1. The van der Waals surface area contributed by atoms with E-state index in [4.69, 9.17) is 5.11 Å². The number of aliphatic hydroxyl groups is 1. The molecule has 82 valence electrons. The van der Waals surface area contributed by atoms with Crippen molar-refractivity contribution in [3.8, 4) is 0 Å². The lowest BCUT2D eigenvalue weighted by molar-refractivity contribution is -0.578. The van der Waals surface area contributed by atoms with Crippen molar-refractivity contribution in [1.82, 2.24) is 0 Å². The lowest BCUT2D eigenvalue weighted by Crippen LogP contribution is -2.35. The van der Waals surface area contributed by atoms with Gasteiger partial charge in [0.2, 0.25) is 0 Å². The molecular formula is C10H12FNO3. The topological polar surface area (TPSA) is 63.4 Å². The van der Waals surface area contributed by atoms with Gasteiger partial charge in [0.05, 0.1) is 0 Å². The van der Waals surface area contributed by atoms with Crippen molar-refractivity contribution < 1.29 is 14.4 Å². The minimum Gasteiger partial charge on any atom is -0.389 e. The summed E-state index contributed by atoms with van der Waals surface area (Å²) in [5.41, 5.74) is -0.943. The lowest BCUT2D eigenvalue weighted by atomic mass is 9.92. The van der Waals surface area contributed by atoms with Crippen LogP contribution in [0.3, 0.4) is 0 Å². The molecule has 5 heteroatoms. The maximum Gasteiger partial charge on any atom is 0.266 e. The molecular weight excluding hydrogens is 201 g/mol. The number of nitrogens with zero attached hydrogens (tertiary/aromatic N) is 1. The molecule has 15 heavy (non-hydrogen) atoms. The Morgan fingerprint density at radius 2 is 2.20 bits per heavy atom. The van der Waals surface area contributed by atoms with Gasteiger partial charge in [0.1, 0.15) is 12.4 Å². The number of nitro groups is 1. The van der Waals surface area contributed by atoms with Crippen LogP contribution >= 0.6 is 0 Å². The second kappa shape index (κ2) is 3.94. The number of benzene rings is 1. The molecule has 1 atom stereocenters. The molecule has 1 N–H and O–H groups in total. The Labute approximate surface area is 86.5 Å². The first-order valence-corrected chi connectivity index (χ1v) is 4.44.